The largest absolute Gasteiger partial charge is 0.397 e. The van der Waals surface area contributed by atoms with Gasteiger partial charge in [0.25, 0.3) is 0 Å². The predicted molar refractivity (Wildman–Crippen MR) is 251 cm³/mol. The molecule has 9 N–H and O–H groups in total. The van der Waals surface area contributed by atoms with Gasteiger partial charge in [-0.2, -0.15) is 0 Å². The molecule has 6 aromatic heterocycles. The van der Waals surface area contributed by atoms with E-state index in [2.05, 4.69) is 55.8 Å². The molecule has 3 saturated heterocycles. The Morgan fingerprint density at radius 2 is 1.01 bits per heavy atom. The van der Waals surface area contributed by atoms with Gasteiger partial charge in [0.2, 0.25) is 0 Å². The van der Waals surface area contributed by atoms with Crippen LogP contribution in [0.2, 0.25) is 0 Å². The highest BCUT2D eigenvalue weighted by atomic mass is 16.6. The maximum Gasteiger partial charge on any atom is 0.167 e. The molecule has 0 aromatic carbocycles. The van der Waals surface area contributed by atoms with Crippen LogP contribution in [-0.2, 0) is 47.4 Å². The highest BCUT2D eigenvalue weighted by Crippen LogP contribution is 2.37. The Bertz CT molecular complexity index is 2420. The van der Waals surface area contributed by atoms with Gasteiger partial charge < -0.3 is 80.5 Å². The standard InChI is InChI=1S/C15H24N6O4.C14H21N5O3.C13H20N6O3/c1-17-10-9(6-23-3)25-15(12(10)24-5-4-22-2)21-8-20-11-13(16)18-7-19-14(11)21;1-16-11-9(6-20-2)22-14(12(11)21-3)19-7-18-10-8(15)4-5-17-13(10)19;1-15-4-7-9(20-2)10(21-3)13(22-7)19-6-18-8-11(14)16-5-17-12(8)19/h7-10,12,15,17H,4-6H2,1-3H3,(H2,16,18,19);4-5,7,9,11-12,14,16H,6H2,1-3H3,(H2,15,17);5-7,9-10,13,15H,4H2,1-3H3,(H2,14,16,17)/t9-,10-,12-,15-;9-,11?,12?,14-;7-,9?,10?,13-/m111/s1. The Kier molecular flexibility index (Phi) is 17.9. The van der Waals surface area contributed by atoms with Crippen molar-refractivity contribution in [2.75, 3.05) is 114 Å². The first-order chi connectivity index (χ1) is 33.6. The van der Waals surface area contributed by atoms with E-state index in [9.17, 15) is 0 Å². The molecule has 3 fully saturated rings. The van der Waals surface area contributed by atoms with Crippen molar-refractivity contribution in [2.45, 2.75) is 73.5 Å². The number of pyridine rings is 1. The zero-order valence-electron chi connectivity index (χ0n) is 40.2. The van der Waals surface area contributed by atoms with Crippen LogP contribution >= 0.6 is 0 Å². The smallest absolute Gasteiger partial charge is 0.167 e. The molecule has 0 spiro atoms. The molecule has 12 atom stereocenters. The molecule has 0 bridgehead atoms. The zero-order chi connectivity index (χ0) is 49.2. The van der Waals surface area contributed by atoms with Crippen molar-refractivity contribution >= 4 is 50.8 Å². The Morgan fingerprint density at radius 1 is 0.536 bits per heavy atom. The van der Waals surface area contributed by atoms with Crippen LogP contribution in [-0.4, -0.2) is 205 Å². The Balaban J connectivity index is 0.000000153. The fourth-order valence-corrected chi connectivity index (χ4v) is 9.02. The summed E-state index contributed by atoms with van der Waals surface area (Å²) >= 11 is 0. The number of aromatic nitrogens is 11. The first-order valence-corrected chi connectivity index (χ1v) is 22.2. The molecule has 4 unspecified atom stereocenters. The Morgan fingerprint density at radius 3 is 1.51 bits per heavy atom. The summed E-state index contributed by atoms with van der Waals surface area (Å²) in [7, 11) is 15.5. The Labute approximate surface area is 398 Å². The molecule has 378 valence electrons. The van der Waals surface area contributed by atoms with Crippen molar-refractivity contribution in [3.8, 4) is 0 Å². The van der Waals surface area contributed by atoms with Gasteiger partial charge in [0.15, 0.2) is 47.3 Å². The molecule has 0 radical (unpaired) electrons. The van der Waals surface area contributed by atoms with Crippen molar-refractivity contribution in [1.82, 2.24) is 69.5 Å². The molecule has 0 saturated carbocycles. The number of nitrogens with one attached hydrogen (secondary N) is 3. The number of rotatable bonds is 18. The summed E-state index contributed by atoms with van der Waals surface area (Å²) in [6.07, 6.45) is 6.92. The van der Waals surface area contributed by atoms with Crippen molar-refractivity contribution in [1.29, 1.82) is 0 Å². The SMILES string of the molecule is CNC1C(OC)[C@H](n2cnc3c(N)ccnc32)O[C@@H]1COC.CNC[C@H]1O[C@@H](n2cnc3c(N)ncnc32)C(OC)C1OC.CN[C@H]1[C@@H](OCCOC)[C@H](n2cnc3c(N)ncnc32)O[C@@H]1COC. The summed E-state index contributed by atoms with van der Waals surface area (Å²) in [4.78, 5) is 33.8. The first kappa shape index (κ1) is 51.5. The van der Waals surface area contributed by atoms with Crippen molar-refractivity contribution in [2.24, 2.45) is 0 Å². The summed E-state index contributed by atoms with van der Waals surface area (Å²) in [6, 6.07) is 1.68. The topological polar surface area (TPSA) is 324 Å². The van der Waals surface area contributed by atoms with Crippen LogP contribution in [0, 0.1) is 0 Å². The number of nitrogens with two attached hydrogens (primary N) is 3. The molecule has 0 aliphatic carbocycles. The van der Waals surface area contributed by atoms with E-state index < -0.39 is 12.5 Å². The molecule has 6 aromatic rings. The van der Waals surface area contributed by atoms with Gasteiger partial charge in [0.1, 0.15) is 71.9 Å². The summed E-state index contributed by atoms with van der Waals surface area (Å²) in [5, 5.41) is 9.61. The lowest BCUT2D eigenvalue weighted by atomic mass is 10.1. The minimum Gasteiger partial charge on any atom is -0.397 e. The summed E-state index contributed by atoms with van der Waals surface area (Å²) < 4.78 is 62.4. The molecule has 9 heterocycles. The number of likely N-dealkylation sites (N-methyl/N-ethyl adjacent to an activating group) is 3. The minimum absolute atomic E-state index is 0.00783. The molecule has 9 rings (SSSR count). The average Bonchev–Trinajstić information content (AvgIpc) is 4.22. The average molecular weight is 968 g/mol. The monoisotopic (exact) mass is 968 g/mol. The highest BCUT2D eigenvalue weighted by Gasteiger charge is 2.48. The maximum absolute atomic E-state index is 6.21. The highest BCUT2D eigenvalue weighted by molar-refractivity contribution is 5.84. The lowest BCUT2D eigenvalue weighted by molar-refractivity contribution is -0.0778. The normalized spacial score (nSPS) is 27.8. The van der Waals surface area contributed by atoms with E-state index in [-0.39, 0.29) is 61.0 Å². The molecule has 27 nitrogen and oxygen atoms in total. The van der Waals surface area contributed by atoms with Gasteiger partial charge in [-0.25, -0.2) is 39.9 Å². The number of anilines is 3. The molecular weight excluding hydrogens is 903 g/mol. The van der Waals surface area contributed by atoms with E-state index in [1.807, 2.05) is 34.8 Å². The van der Waals surface area contributed by atoms with Gasteiger partial charge >= 0.3 is 0 Å². The number of ether oxygens (including phenoxy) is 10. The molecule has 69 heavy (non-hydrogen) atoms. The summed E-state index contributed by atoms with van der Waals surface area (Å²) in [6.45, 7) is 2.51. The van der Waals surface area contributed by atoms with Crippen molar-refractivity contribution in [3.63, 3.8) is 0 Å². The van der Waals surface area contributed by atoms with E-state index in [1.54, 1.807) is 73.9 Å². The number of nitrogens with zero attached hydrogens (tertiary/aromatic N) is 11. The van der Waals surface area contributed by atoms with E-state index in [4.69, 9.17) is 64.6 Å². The number of hydrogen-bond donors (Lipinski definition) is 6. The van der Waals surface area contributed by atoms with Crippen LogP contribution in [0.3, 0.4) is 0 Å². The van der Waals surface area contributed by atoms with Crippen LogP contribution < -0.4 is 33.2 Å². The number of fused-ring (bicyclic) bond motifs is 3. The quantitative estimate of drug-likeness (QED) is 0.0579. The second kappa shape index (κ2) is 23.9. The minimum atomic E-state index is -0.422. The Hall–Kier alpha value is -5.40. The second-order valence-electron chi connectivity index (χ2n) is 16.1. The second-order valence-corrected chi connectivity index (χ2v) is 16.1. The first-order valence-electron chi connectivity index (χ1n) is 22.2. The van der Waals surface area contributed by atoms with Crippen molar-refractivity contribution in [3.05, 3.63) is 43.9 Å². The predicted octanol–water partition coefficient (Wildman–Crippen LogP) is -0.712. The van der Waals surface area contributed by atoms with Crippen LogP contribution in [0.5, 0.6) is 0 Å². The lowest BCUT2D eigenvalue weighted by Gasteiger charge is -2.24. The molecule has 3 aliphatic rings. The van der Waals surface area contributed by atoms with E-state index in [0.29, 0.717) is 83.8 Å². The summed E-state index contributed by atoms with van der Waals surface area (Å²) in [5.41, 5.74) is 21.9. The van der Waals surface area contributed by atoms with Gasteiger partial charge in [-0.1, -0.05) is 0 Å². The van der Waals surface area contributed by atoms with Crippen LogP contribution in [0.15, 0.2) is 43.9 Å². The maximum atomic E-state index is 6.21. The molecule has 27 heteroatoms. The molecule has 3 aliphatic heterocycles. The van der Waals surface area contributed by atoms with Crippen molar-refractivity contribution < 1.29 is 47.4 Å². The van der Waals surface area contributed by atoms with Crippen LogP contribution in [0.1, 0.15) is 18.7 Å². The van der Waals surface area contributed by atoms with E-state index in [1.165, 1.54) is 12.7 Å². The number of nitrogen functional groups attached to an aromatic ring is 3. The fraction of sp³-hybridized carbons (Fsp3) is 0.619. The van der Waals surface area contributed by atoms with Gasteiger partial charge in [-0.3, -0.25) is 13.7 Å². The van der Waals surface area contributed by atoms with Gasteiger partial charge in [-0.15, -0.1) is 0 Å². The third-order valence-corrected chi connectivity index (χ3v) is 12.2. The number of imidazole rings is 3. The van der Waals surface area contributed by atoms with Crippen LogP contribution in [0.4, 0.5) is 17.3 Å². The third-order valence-electron chi connectivity index (χ3n) is 12.2. The summed E-state index contributed by atoms with van der Waals surface area (Å²) in [5.74, 6) is 0.669. The number of methoxy groups -OCH3 is 6. The zero-order valence-corrected chi connectivity index (χ0v) is 40.2. The van der Waals surface area contributed by atoms with Gasteiger partial charge in [0, 0.05) is 55.4 Å². The number of hydrogen-bond acceptors (Lipinski definition) is 24. The molecular formula is C42H65N17O10. The molecule has 0 amide bonds. The van der Waals surface area contributed by atoms with Crippen LogP contribution in [0.25, 0.3) is 33.5 Å². The third kappa shape index (κ3) is 10.6. The van der Waals surface area contributed by atoms with E-state index in [0.717, 1.165) is 0 Å². The lowest BCUT2D eigenvalue weighted by Crippen LogP contribution is -2.45. The fourth-order valence-electron chi connectivity index (χ4n) is 9.02. The van der Waals surface area contributed by atoms with E-state index >= 15 is 0 Å². The van der Waals surface area contributed by atoms with Gasteiger partial charge in [-0.05, 0) is 27.2 Å². The van der Waals surface area contributed by atoms with Gasteiger partial charge in [0.05, 0.1) is 63.2 Å².